The summed E-state index contributed by atoms with van der Waals surface area (Å²) in [6.45, 7) is 0. The maximum absolute atomic E-state index is 10.9. The summed E-state index contributed by atoms with van der Waals surface area (Å²) in [5, 5.41) is 0. The van der Waals surface area contributed by atoms with E-state index in [-0.39, 0.29) is 35.3 Å². The normalized spacial score (nSPS) is 10.5. The first-order valence-electron chi connectivity index (χ1n) is 3.24. The third-order valence-electron chi connectivity index (χ3n) is 1.30. The molecular formula is C7H7ClNNaO2S. The van der Waals surface area contributed by atoms with Crippen molar-refractivity contribution < 1.29 is 38.0 Å². The standard InChI is InChI=1S/C7H7ClNO2S.Na/c8-9-12(10,11)6-7-4-2-1-3-5-7;/h1-5H,6H2;/q-1;+1. The Hall–Kier alpha value is 0.420. The molecule has 1 aromatic rings. The fourth-order valence-corrected chi connectivity index (χ4v) is 1.62. The molecule has 66 valence electrons. The first kappa shape index (κ1) is 13.4. The molecule has 0 aromatic heterocycles. The number of hydrogen-bond acceptors (Lipinski definition) is 2. The number of rotatable bonds is 3. The molecular weight excluding hydrogens is 221 g/mol. The molecule has 0 bridgehead atoms. The van der Waals surface area contributed by atoms with Crippen LogP contribution in [0.25, 0.3) is 4.24 Å². The maximum atomic E-state index is 10.9. The fraction of sp³-hybridized carbons (Fsp3) is 0.143. The number of benzene rings is 1. The smallest absolute Gasteiger partial charge is 0.462 e. The zero-order valence-electron chi connectivity index (χ0n) is 7.14. The predicted octanol–water partition coefficient (Wildman–Crippen LogP) is -0.952. The molecule has 0 radical (unpaired) electrons. The first-order valence-corrected chi connectivity index (χ1v) is 5.19. The summed E-state index contributed by atoms with van der Waals surface area (Å²) in [5.74, 6) is -0.142. The Kier molecular flexibility index (Phi) is 6.20. The van der Waals surface area contributed by atoms with Crippen LogP contribution in [0.4, 0.5) is 0 Å². The summed E-state index contributed by atoms with van der Waals surface area (Å²) in [6, 6.07) is 8.76. The van der Waals surface area contributed by atoms with Crippen molar-refractivity contribution >= 4 is 21.8 Å². The summed E-state index contributed by atoms with van der Waals surface area (Å²) in [4.78, 5) is 0. The topological polar surface area (TPSA) is 48.2 Å². The van der Waals surface area contributed by atoms with Gasteiger partial charge < -0.3 is 4.24 Å². The molecule has 0 saturated heterocycles. The minimum Gasteiger partial charge on any atom is -0.462 e. The Balaban J connectivity index is 0.00000144. The third-order valence-corrected chi connectivity index (χ3v) is 2.84. The van der Waals surface area contributed by atoms with Crippen molar-refractivity contribution in [3.63, 3.8) is 0 Å². The van der Waals surface area contributed by atoms with Crippen LogP contribution in [0.2, 0.25) is 0 Å². The molecule has 0 aliphatic heterocycles. The van der Waals surface area contributed by atoms with Gasteiger partial charge in [-0.3, -0.25) is 11.8 Å². The fourth-order valence-electron chi connectivity index (χ4n) is 0.809. The molecule has 1 aromatic carbocycles. The van der Waals surface area contributed by atoms with E-state index in [9.17, 15) is 8.42 Å². The van der Waals surface area contributed by atoms with Crippen LogP contribution in [0.1, 0.15) is 5.56 Å². The summed E-state index contributed by atoms with van der Waals surface area (Å²) >= 11 is 4.88. The summed E-state index contributed by atoms with van der Waals surface area (Å²) in [5.41, 5.74) is 0.682. The van der Waals surface area contributed by atoms with Gasteiger partial charge in [0.25, 0.3) is 0 Å². The van der Waals surface area contributed by atoms with Crippen LogP contribution >= 0.6 is 11.8 Å². The molecule has 3 nitrogen and oxygen atoms in total. The van der Waals surface area contributed by atoms with Crippen LogP contribution in [0.15, 0.2) is 30.3 Å². The van der Waals surface area contributed by atoms with Crippen molar-refractivity contribution in [2.24, 2.45) is 0 Å². The van der Waals surface area contributed by atoms with E-state index in [1.807, 2.05) is 6.07 Å². The Morgan fingerprint density at radius 2 is 1.77 bits per heavy atom. The van der Waals surface area contributed by atoms with Gasteiger partial charge in [0.2, 0.25) is 0 Å². The van der Waals surface area contributed by atoms with E-state index >= 15 is 0 Å². The minimum atomic E-state index is -3.48. The third kappa shape index (κ3) is 5.00. The van der Waals surface area contributed by atoms with Gasteiger partial charge >= 0.3 is 29.6 Å². The Labute approximate surface area is 105 Å². The van der Waals surface area contributed by atoms with E-state index in [0.29, 0.717) is 5.56 Å². The molecule has 0 aliphatic rings. The van der Waals surface area contributed by atoms with Crippen molar-refractivity contribution in [2.45, 2.75) is 5.75 Å². The molecule has 0 aliphatic carbocycles. The van der Waals surface area contributed by atoms with Crippen molar-refractivity contribution in [1.29, 1.82) is 0 Å². The van der Waals surface area contributed by atoms with Crippen molar-refractivity contribution in [1.82, 2.24) is 0 Å². The van der Waals surface area contributed by atoms with Gasteiger partial charge in [0.1, 0.15) is 0 Å². The van der Waals surface area contributed by atoms with Crippen LogP contribution in [-0.2, 0) is 15.8 Å². The van der Waals surface area contributed by atoms with E-state index < -0.39 is 10.0 Å². The zero-order valence-corrected chi connectivity index (χ0v) is 10.7. The summed E-state index contributed by atoms with van der Waals surface area (Å²) < 4.78 is 24.5. The van der Waals surface area contributed by atoms with Gasteiger partial charge in [-0.05, 0) is 5.56 Å². The zero-order chi connectivity index (χ0) is 9.03. The van der Waals surface area contributed by atoms with E-state index in [1.165, 1.54) is 0 Å². The average molecular weight is 228 g/mol. The molecule has 0 spiro atoms. The van der Waals surface area contributed by atoms with E-state index in [4.69, 9.17) is 11.8 Å². The number of halogens is 1. The van der Waals surface area contributed by atoms with Crippen molar-refractivity contribution in [2.75, 3.05) is 0 Å². The van der Waals surface area contributed by atoms with E-state index in [1.54, 1.807) is 24.3 Å². The summed E-state index contributed by atoms with van der Waals surface area (Å²) in [6.07, 6.45) is 0. The van der Waals surface area contributed by atoms with Crippen LogP contribution in [-0.4, -0.2) is 8.42 Å². The van der Waals surface area contributed by atoms with Gasteiger partial charge in [-0.1, -0.05) is 30.3 Å². The van der Waals surface area contributed by atoms with Crippen LogP contribution in [0.3, 0.4) is 0 Å². The van der Waals surface area contributed by atoms with Gasteiger partial charge in [-0.2, -0.15) is 0 Å². The Bertz CT molecular complexity index is 341. The second-order valence-electron chi connectivity index (χ2n) is 2.28. The molecule has 0 unspecified atom stereocenters. The number of sulfonamides is 1. The SMILES string of the molecule is O=S(=O)(Cc1ccccc1)[N-]Cl.[Na+]. The minimum absolute atomic E-state index is 0. The largest absolute Gasteiger partial charge is 1.00 e. The van der Waals surface area contributed by atoms with E-state index in [2.05, 4.69) is 4.24 Å². The van der Waals surface area contributed by atoms with E-state index in [0.717, 1.165) is 0 Å². The first-order chi connectivity index (χ1) is 5.64. The summed E-state index contributed by atoms with van der Waals surface area (Å²) in [7, 11) is -3.48. The quantitative estimate of drug-likeness (QED) is 0.625. The van der Waals surface area contributed by atoms with Crippen LogP contribution in [0, 0.1) is 0 Å². The number of nitrogens with zero attached hydrogens (tertiary/aromatic N) is 1. The molecule has 0 atom stereocenters. The Morgan fingerprint density at radius 1 is 1.23 bits per heavy atom. The molecule has 0 N–H and O–H groups in total. The van der Waals surface area contributed by atoms with Crippen molar-refractivity contribution in [3.8, 4) is 0 Å². The second kappa shape index (κ2) is 6.01. The average Bonchev–Trinajstić information content (AvgIpc) is 2.06. The second-order valence-corrected chi connectivity index (χ2v) is 4.29. The van der Waals surface area contributed by atoms with Gasteiger partial charge in [0.15, 0.2) is 0 Å². The monoisotopic (exact) mass is 227 g/mol. The Morgan fingerprint density at radius 3 is 2.23 bits per heavy atom. The molecule has 0 fully saturated rings. The molecule has 6 heteroatoms. The van der Waals surface area contributed by atoms with Crippen LogP contribution in [0.5, 0.6) is 0 Å². The van der Waals surface area contributed by atoms with Gasteiger partial charge in [0.05, 0.1) is 15.8 Å². The van der Waals surface area contributed by atoms with Gasteiger partial charge in [-0.15, -0.1) is 0 Å². The van der Waals surface area contributed by atoms with Gasteiger partial charge in [0, 0.05) is 0 Å². The molecule has 0 saturated carbocycles. The molecule has 0 amide bonds. The van der Waals surface area contributed by atoms with Gasteiger partial charge in [-0.25, -0.2) is 8.42 Å². The maximum Gasteiger partial charge on any atom is 1.00 e. The molecule has 13 heavy (non-hydrogen) atoms. The predicted molar refractivity (Wildman–Crippen MR) is 48.3 cm³/mol. The van der Waals surface area contributed by atoms with Crippen molar-refractivity contribution in [3.05, 3.63) is 40.1 Å². The molecule has 0 heterocycles. The molecule has 1 rings (SSSR count). The van der Waals surface area contributed by atoms with Crippen LogP contribution < -0.4 is 29.6 Å². The number of hydrogen-bond donors (Lipinski definition) is 0.